The molecule has 0 bridgehead atoms. The Hall–Kier alpha value is -1.87. The summed E-state index contributed by atoms with van der Waals surface area (Å²) in [6.45, 7) is 6.23. The van der Waals surface area contributed by atoms with Crippen molar-refractivity contribution >= 4 is 6.21 Å². The first kappa shape index (κ1) is 14.5. The number of nitrogens with zero attached hydrogens (tertiary/aromatic N) is 1. The predicted octanol–water partition coefficient (Wildman–Crippen LogP) is 3.86. The normalized spacial score (nSPS) is 13.2. The molecule has 0 aliphatic carbocycles. The molecule has 0 radical (unpaired) electrons. The average Bonchev–Trinajstić information content (AvgIpc) is 2.82. The van der Waals surface area contributed by atoms with Crippen LogP contribution in [0.5, 0.6) is 0 Å². The maximum atomic E-state index is 9.46. The highest BCUT2D eigenvalue weighted by Crippen LogP contribution is 2.23. The number of aliphatic hydroxyl groups excluding tert-OH is 1. The van der Waals surface area contributed by atoms with Crippen LogP contribution in [0.25, 0.3) is 0 Å². The summed E-state index contributed by atoms with van der Waals surface area (Å²) in [6, 6.07) is 11.5. The van der Waals surface area contributed by atoms with Crippen molar-refractivity contribution in [3.63, 3.8) is 0 Å². The summed E-state index contributed by atoms with van der Waals surface area (Å²) >= 11 is 0. The van der Waals surface area contributed by atoms with Crippen molar-refractivity contribution in [1.29, 1.82) is 0 Å². The van der Waals surface area contributed by atoms with Crippen LogP contribution in [0.3, 0.4) is 0 Å². The lowest BCUT2D eigenvalue weighted by atomic mass is 10.0. The molecule has 0 unspecified atom stereocenters. The van der Waals surface area contributed by atoms with Gasteiger partial charge in [-0.1, -0.05) is 44.2 Å². The van der Waals surface area contributed by atoms with Gasteiger partial charge in [-0.15, -0.1) is 0 Å². The molecule has 2 aromatic rings. The van der Waals surface area contributed by atoms with Crippen LogP contribution in [0.2, 0.25) is 0 Å². The Bertz CT molecular complexity index is 570. The Labute approximate surface area is 120 Å². The molecule has 2 rings (SSSR count). The number of aliphatic hydroxyl groups is 1. The van der Waals surface area contributed by atoms with Crippen molar-refractivity contribution in [1.82, 2.24) is 0 Å². The zero-order chi connectivity index (χ0) is 14.5. The summed E-state index contributed by atoms with van der Waals surface area (Å²) < 4.78 is 5.68. The number of hydrogen-bond acceptors (Lipinski definition) is 3. The second kappa shape index (κ2) is 6.53. The zero-order valence-corrected chi connectivity index (χ0v) is 12.2. The lowest BCUT2D eigenvalue weighted by Crippen LogP contribution is -2.01. The van der Waals surface area contributed by atoms with Crippen LogP contribution < -0.4 is 0 Å². The molecular formula is C17H21NO2. The van der Waals surface area contributed by atoms with Crippen molar-refractivity contribution in [2.24, 2.45) is 4.99 Å². The first-order valence-electron chi connectivity index (χ1n) is 6.91. The second-order valence-electron chi connectivity index (χ2n) is 5.20. The fourth-order valence-corrected chi connectivity index (χ4v) is 2.23. The van der Waals surface area contributed by atoms with Crippen LogP contribution in [-0.4, -0.2) is 17.9 Å². The standard InChI is InChI=1S/C17H21NO2/c1-12(2)16-9-15(20-13(16)3)10-18-17(11-19)14-7-5-4-6-8-14/h4-10,12,17,19H,11H2,1-3H3/b18-10+/t17-/m0/s1. The monoisotopic (exact) mass is 271 g/mol. The van der Waals surface area contributed by atoms with Crippen LogP contribution in [-0.2, 0) is 0 Å². The van der Waals surface area contributed by atoms with E-state index in [9.17, 15) is 5.11 Å². The first-order valence-corrected chi connectivity index (χ1v) is 6.91. The Kier molecular flexibility index (Phi) is 4.74. The smallest absolute Gasteiger partial charge is 0.145 e. The zero-order valence-electron chi connectivity index (χ0n) is 12.2. The Morgan fingerprint density at radius 1 is 1.25 bits per heavy atom. The van der Waals surface area contributed by atoms with Crippen LogP contribution in [0.4, 0.5) is 0 Å². The van der Waals surface area contributed by atoms with Gasteiger partial charge in [-0.3, -0.25) is 4.99 Å². The van der Waals surface area contributed by atoms with E-state index in [0.717, 1.165) is 17.1 Å². The third kappa shape index (κ3) is 3.36. The molecule has 0 spiro atoms. The Morgan fingerprint density at radius 2 is 1.95 bits per heavy atom. The number of aliphatic imine (C=N–C) groups is 1. The highest BCUT2D eigenvalue weighted by molar-refractivity contribution is 5.76. The van der Waals surface area contributed by atoms with Crippen molar-refractivity contribution in [2.75, 3.05) is 6.61 Å². The second-order valence-corrected chi connectivity index (χ2v) is 5.20. The molecule has 1 aromatic carbocycles. The minimum Gasteiger partial charge on any atom is -0.460 e. The van der Waals surface area contributed by atoms with Gasteiger partial charge in [0.1, 0.15) is 11.5 Å². The van der Waals surface area contributed by atoms with Crippen LogP contribution in [0, 0.1) is 6.92 Å². The van der Waals surface area contributed by atoms with E-state index < -0.39 is 0 Å². The summed E-state index contributed by atoms with van der Waals surface area (Å²) in [4.78, 5) is 4.43. The van der Waals surface area contributed by atoms with Gasteiger partial charge in [0.2, 0.25) is 0 Å². The Balaban J connectivity index is 2.17. The number of furan rings is 1. The molecule has 0 fully saturated rings. The number of benzene rings is 1. The van der Waals surface area contributed by atoms with Crippen LogP contribution in [0.15, 0.2) is 45.8 Å². The molecule has 1 N–H and O–H groups in total. The highest BCUT2D eigenvalue weighted by Gasteiger charge is 2.11. The molecule has 1 atom stereocenters. The van der Waals surface area contributed by atoms with Gasteiger partial charge in [-0.2, -0.15) is 0 Å². The van der Waals surface area contributed by atoms with Crippen molar-refractivity contribution in [3.8, 4) is 0 Å². The molecule has 20 heavy (non-hydrogen) atoms. The maximum absolute atomic E-state index is 9.46. The number of aryl methyl sites for hydroxylation is 1. The van der Waals surface area contributed by atoms with E-state index in [2.05, 4.69) is 18.8 Å². The Morgan fingerprint density at radius 3 is 2.50 bits per heavy atom. The molecule has 0 saturated carbocycles. The van der Waals surface area contributed by atoms with Crippen molar-refractivity contribution < 1.29 is 9.52 Å². The molecule has 1 heterocycles. The van der Waals surface area contributed by atoms with Crippen molar-refractivity contribution in [2.45, 2.75) is 32.7 Å². The quantitative estimate of drug-likeness (QED) is 0.839. The van der Waals surface area contributed by atoms with Gasteiger partial charge < -0.3 is 9.52 Å². The number of hydrogen-bond donors (Lipinski definition) is 1. The SMILES string of the molecule is Cc1oc(/C=N/[C@@H](CO)c2ccccc2)cc1C(C)C. The lowest BCUT2D eigenvalue weighted by molar-refractivity contribution is 0.269. The van der Waals surface area contributed by atoms with E-state index in [0.29, 0.717) is 5.92 Å². The largest absolute Gasteiger partial charge is 0.460 e. The summed E-state index contributed by atoms with van der Waals surface area (Å²) in [5.74, 6) is 2.10. The van der Waals surface area contributed by atoms with Gasteiger partial charge in [0.25, 0.3) is 0 Å². The average molecular weight is 271 g/mol. The number of rotatable bonds is 5. The predicted molar refractivity (Wildman–Crippen MR) is 81.4 cm³/mol. The van der Waals surface area contributed by atoms with E-state index >= 15 is 0 Å². The third-order valence-electron chi connectivity index (χ3n) is 3.34. The summed E-state index contributed by atoms with van der Waals surface area (Å²) in [5.41, 5.74) is 2.20. The van der Waals surface area contributed by atoms with E-state index in [1.807, 2.05) is 43.3 Å². The fourth-order valence-electron chi connectivity index (χ4n) is 2.23. The molecule has 0 amide bonds. The molecule has 3 nitrogen and oxygen atoms in total. The van der Waals surface area contributed by atoms with Gasteiger partial charge in [0.05, 0.1) is 18.9 Å². The van der Waals surface area contributed by atoms with Gasteiger partial charge in [0, 0.05) is 0 Å². The fraction of sp³-hybridized carbons (Fsp3) is 0.353. The highest BCUT2D eigenvalue weighted by atomic mass is 16.3. The van der Waals surface area contributed by atoms with Gasteiger partial charge >= 0.3 is 0 Å². The first-order chi connectivity index (χ1) is 9.61. The van der Waals surface area contributed by atoms with E-state index in [1.54, 1.807) is 6.21 Å². The summed E-state index contributed by atoms with van der Waals surface area (Å²) in [6.07, 6.45) is 1.70. The topological polar surface area (TPSA) is 45.7 Å². The summed E-state index contributed by atoms with van der Waals surface area (Å²) in [7, 11) is 0. The van der Waals surface area contributed by atoms with E-state index in [-0.39, 0.29) is 12.6 Å². The molecule has 106 valence electrons. The van der Waals surface area contributed by atoms with E-state index in [4.69, 9.17) is 4.42 Å². The molecule has 0 aliphatic heterocycles. The van der Waals surface area contributed by atoms with Crippen LogP contribution in [0.1, 0.15) is 48.5 Å². The van der Waals surface area contributed by atoms with Crippen molar-refractivity contribution in [3.05, 3.63) is 59.0 Å². The molecular weight excluding hydrogens is 250 g/mol. The minimum atomic E-state index is -0.246. The van der Waals surface area contributed by atoms with Gasteiger partial charge in [-0.05, 0) is 30.0 Å². The molecule has 3 heteroatoms. The summed E-state index contributed by atoms with van der Waals surface area (Å²) in [5, 5.41) is 9.46. The van der Waals surface area contributed by atoms with Gasteiger partial charge in [-0.25, -0.2) is 0 Å². The van der Waals surface area contributed by atoms with E-state index in [1.165, 1.54) is 5.56 Å². The van der Waals surface area contributed by atoms with Gasteiger partial charge in [0.15, 0.2) is 0 Å². The molecule has 0 aliphatic rings. The lowest BCUT2D eigenvalue weighted by Gasteiger charge is -2.08. The minimum absolute atomic E-state index is 0.0166. The van der Waals surface area contributed by atoms with Crippen LogP contribution >= 0.6 is 0 Å². The maximum Gasteiger partial charge on any atom is 0.145 e. The molecule has 0 saturated heterocycles. The third-order valence-corrected chi connectivity index (χ3v) is 3.34. The molecule has 1 aromatic heterocycles.